The summed E-state index contributed by atoms with van der Waals surface area (Å²) >= 11 is 0. The molecule has 0 spiro atoms. The van der Waals surface area contributed by atoms with E-state index < -0.39 is 49.5 Å². The van der Waals surface area contributed by atoms with Crippen molar-refractivity contribution in [2.45, 2.75) is 371 Å². The highest BCUT2D eigenvalue weighted by Gasteiger charge is 2.44. The van der Waals surface area contributed by atoms with Crippen LogP contribution in [0.1, 0.15) is 328 Å². The van der Waals surface area contributed by atoms with E-state index in [1.807, 2.05) is 6.08 Å². The van der Waals surface area contributed by atoms with Crippen LogP contribution in [0.5, 0.6) is 0 Å². The topological polar surface area (TPSA) is 149 Å². The van der Waals surface area contributed by atoms with Crippen molar-refractivity contribution in [3.05, 3.63) is 24.3 Å². The summed E-state index contributed by atoms with van der Waals surface area (Å²) in [5.74, 6) is -0.171. The van der Waals surface area contributed by atoms with Crippen molar-refractivity contribution in [3.63, 3.8) is 0 Å². The van der Waals surface area contributed by atoms with Crippen LogP contribution in [-0.4, -0.2) is 87.5 Å². The number of allylic oxidation sites excluding steroid dienone is 3. The Labute approximate surface area is 458 Å². The van der Waals surface area contributed by atoms with Gasteiger partial charge in [-0.3, -0.25) is 4.79 Å². The van der Waals surface area contributed by atoms with Gasteiger partial charge in [-0.1, -0.05) is 301 Å². The van der Waals surface area contributed by atoms with Crippen molar-refractivity contribution in [2.75, 3.05) is 13.2 Å². The van der Waals surface area contributed by atoms with E-state index in [-0.39, 0.29) is 12.5 Å². The van der Waals surface area contributed by atoms with Gasteiger partial charge in [0.05, 0.1) is 25.4 Å². The van der Waals surface area contributed by atoms with Crippen molar-refractivity contribution in [2.24, 2.45) is 0 Å². The predicted molar refractivity (Wildman–Crippen MR) is 314 cm³/mol. The zero-order valence-electron chi connectivity index (χ0n) is 48.9. The van der Waals surface area contributed by atoms with Crippen LogP contribution in [0.3, 0.4) is 0 Å². The van der Waals surface area contributed by atoms with Crippen LogP contribution in [0.15, 0.2) is 24.3 Å². The maximum absolute atomic E-state index is 13.0. The van der Waals surface area contributed by atoms with Crippen LogP contribution >= 0.6 is 0 Å². The van der Waals surface area contributed by atoms with Gasteiger partial charge in [-0.05, 0) is 44.9 Å². The Balaban J connectivity index is 2.00. The number of ether oxygens (including phenoxy) is 2. The monoisotopic (exact) mass is 1050 g/mol. The number of nitrogens with one attached hydrogen (secondary N) is 1. The average Bonchev–Trinajstić information content (AvgIpc) is 3.40. The fraction of sp³-hybridized carbons (Fsp3) is 0.923. The first-order valence-corrected chi connectivity index (χ1v) is 32.6. The van der Waals surface area contributed by atoms with Gasteiger partial charge in [-0.15, -0.1) is 0 Å². The predicted octanol–water partition coefficient (Wildman–Crippen LogP) is 16.9. The number of hydrogen-bond donors (Lipinski definition) is 6. The molecule has 0 bridgehead atoms. The Morgan fingerprint density at radius 3 is 1.09 bits per heavy atom. The first-order valence-electron chi connectivity index (χ1n) is 32.6. The van der Waals surface area contributed by atoms with Gasteiger partial charge in [0.2, 0.25) is 5.91 Å². The molecule has 9 heteroatoms. The summed E-state index contributed by atoms with van der Waals surface area (Å²) in [4.78, 5) is 13.0. The first kappa shape index (κ1) is 70.7. The molecule has 0 radical (unpaired) electrons. The number of rotatable bonds is 57. The van der Waals surface area contributed by atoms with Crippen LogP contribution in [-0.2, 0) is 14.3 Å². The number of carbonyl (C=O) groups excluding carboxylic acids is 1. The second-order valence-electron chi connectivity index (χ2n) is 22.9. The van der Waals surface area contributed by atoms with Gasteiger partial charge >= 0.3 is 0 Å². The van der Waals surface area contributed by atoms with Crippen LogP contribution in [0.2, 0.25) is 0 Å². The molecule has 0 aromatic carbocycles. The minimum absolute atomic E-state index is 0.171. The largest absolute Gasteiger partial charge is 0.394 e. The van der Waals surface area contributed by atoms with E-state index in [0.29, 0.717) is 6.42 Å². The van der Waals surface area contributed by atoms with Crippen molar-refractivity contribution >= 4 is 5.91 Å². The lowest BCUT2D eigenvalue weighted by molar-refractivity contribution is -0.302. The Kier molecular flexibility index (Phi) is 52.5. The molecule has 9 nitrogen and oxygen atoms in total. The highest BCUT2D eigenvalue weighted by Crippen LogP contribution is 2.23. The lowest BCUT2D eigenvalue weighted by Crippen LogP contribution is -2.60. The zero-order chi connectivity index (χ0) is 53.6. The lowest BCUT2D eigenvalue weighted by atomic mass is 9.99. The highest BCUT2D eigenvalue weighted by atomic mass is 16.7. The molecule has 1 aliphatic rings. The van der Waals surface area contributed by atoms with E-state index in [4.69, 9.17) is 9.47 Å². The summed E-state index contributed by atoms with van der Waals surface area (Å²) in [6.45, 7) is 3.80. The zero-order valence-corrected chi connectivity index (χ0v) is 48.9. The summed E-state index contributed by atoms with van der Waals surface area (Å²) in [6.07, 6.45) is 64.5. The standard InChI is InChI=1S/C65H125NO8/c1-3-5-7-9-11-13-15-17-18-19-20-21-22-23-24-25-26-27-28-29-30-31-32-33-34-35-36-37-38-39-40-41-42-43-45-47-49-51-53-55-61(69)66-58(57-73-65-64(72)63(71)62(70)60(56-67)74-65)59(68)54-52-50-48-46-44-16-14-12-10-8-6-4-2/h19-20,52,54,58-60,62-65,67-68,70-72H,3-18,21-51,53,55-57H2,1-2H3,(H,66,69)/b20-19-,54-52+. The number of amides is 1. The van der Waals surface area contributed by atoms with Gasteiger partial charge in [0, 0.05) is 6.42 Å². The van der Waals surface area contributed by atoms with E-state index in [9.17, 15) is 30.3 Å². The molecule has 1 aliphatic heterocycles. The lowest BCUT2D eigenvalue weighted by Gasteiger charge is -2.40. The number of aliphatic hydroxyl groups is 5. The molecule has 1 saturated heterocycles. The normalized spacial score (nSPS) is 19.0. The molecule has 438 valence electrons. The van der Waals surface area contributed by atoms with E-state index in [1.54, 1.807) is 6.08 Å². The number of hydrogen-bond acceptors (Lipinski definition) is 8. The fourth-order valence-electron chi connectivity index (χ4n) is 10.6. The van der Waals surface area contributed by atoms with Crippen LogP contribution in [0.25, 0.3) is 0 Å². The number of unbranched alkanes of at least 4 members (excludes halogenated alkanes) is 45. The molecule has 1 fully saturated rings. The van der Waals surface area contributed by atoms with E-state index in [1.165, 1.54) is 270 Å². The molecule has 7 atom stereocenters. The maximum Gasteiger partial charge on any atom is 0.220 e. The quantitative estimate of drug-likeness (QED) is 0.0261. The van der Waals surface area contributed by atoms with Gasteiger partial charge in [-0.25, -0.2) is 0 Å². The molecular weight excluding hydrogens is 923 g/mol. The maximum atomic E-state index is 13.0. The number of aliphatic hydroxyl groups excluding tert-OH is 5. The molecule has 0 aromatic rings. The van der Waals surface area contributed by atoms with E-state index in [0.717, 1.165) is 38.5 Å². The van der Waals surface area contributed by atoms with E-state index in [2.05, 4.69) is 31.3 Å². The third-order valence-corrected chi connectivity index (χ3v) is 15.8. The SMILES string of the molecule is CCCCCCCCCC/C=C\CCCCCCCCCCCCCCCCCCCCCCCCCCCCCC(=O)NC(COC1OC(CO)C(O)C(O)C1O)C(O)/C=C/CCCCCCCCCCCC. The van der Waals surface area contributed by atoms with Gasteiger partial charge in [0.25, 0.3) is 0 Å². The molecule has 1 amide bonds. The molecule has 1 rings (SSSR count). The Morgan fingerprint density at radius 2 is 0.757 bits per heavy atom. The van der Waals surface area contributed by atoms with Gasteiger partial charge < -0.3 is 40.3 Å². The smallest absolute Gasteiger partial charge is 0.220 e. The number of carbonyl (C=O) groups is 1. The summed E-state index contributed by atoms with van der Waals surface area (Å²) in [7, 11) is 0. The van der Waals surface area contributed by atoms with Crippen LogP contribution < -0.4 is 5.32 Å². The third-order valence-electron chi connectivity index (χ3n) is 15.8. The Hall–Kier alpha value is -1.33. The highest BCUT2D eigenvalue weighted by molar-refractivity contribution is 5.76. The van der Waals surface area contributed by atoms with Gasteiger partial charge in [-0.2, -0.15) is 0 Å². The molecule has 7 unspecified atom stereocenters. The summed E-state index contributed by atoms with van der Waals surface area (Å²) < 4.78 is 11.3. The average molecular weight is 1050 g/mol. The second-order valence-corrected chi connectivity index (χ2v) is 22.9. The molecule has 6 N–H and O–H groups in total. The van der Waals surface area contributed by atoms with Crippen molar-refractivity contribution < 1.29 is 39.8 Å². The summed E-state index contributed by atoms with van der Waals surface area (Å²) in [5, 5.41) is 54.4. The van der Waals surface area contributed by atoms with Gasteiger partial charge in [0.1, 0.15) is 24.4 Å². The minimum atomic E-state index is -1.56. The van der Waals surface area contributed by atoms with Crippen molar-refractivity contribution in [3.8, 4) is 0 Å². The summed E-state index contributed by atoms with van der Waals surface area (Å²) in [6, 6.07) is -0.800. The Bertz CT molecular complexity index is 1210. The molecule has 1 heterocycles. The minimum Gasteiger partial charge on any atom is -0.394 e. The van der Waals surface area contributed by atoms with Crippen molar-refractivity contribution in [1.29, 1.82) is 0 Å². The first-order chi connectivity index (χ1) is 36.3. The van der Waals surface area contributed by atoms with Gasteiger partial charge in [0.15, 0.2) is 6.29 Å². The second kappa shape index (κ2) is 55.0. The van der Waals surface area contributed by atoms with E-state index >= 15 is 0 Å². The summed E-state index contributed by atoms with van der Waals surface area (Å²) in [5.41, 5.74) is 0. The molecule has 74 heavy (non-hydrogen) atoms. The molecule has 0 aliphatic carbocycles. The van der Waals surface area contributed by atoms with Crippen LogP contribution in [0.4, 0.5) is 0 Å². The van der Waals surface area contributed by atoms with Crippen LogP contribution in [0, 0.1) is 0 Å². The fourth-order valence-corrected chi connectivity index (χ4v) is 10.6. The third kappa shape index (κ3) is 43.6. The Morgan fingerprint density at radius 1 is 0.446 bits per heavy atom. The molecule has 0 saturated carbocycles. The molecule has 0 aromatic heterocycles. The van der Waals surface area contributed by atoms with Crippen molar-refractivity contribution in [1.82, 2.24) is 5.32 Å². The molecular formula is C65H125NO8.